The van der Waals surface area contributed by atoms with Crippen molar-refractivity contribution in [1.29, 1.82) is 0 Å². The molecule has 2 bridgehead atoms. The number of carbonyl (C=O) groups is 3. The van der Waals surface area contributed by atoms with Crippen molar-refractivity contribution in [3.8, 4) is 0 Å². The molecule has 0 aromatic carbocycles. The van der Waals surface area contributed by atoms with Crippen LogP contribution >= 0.6 is 0 Å². The number of carbonyl (C=O) groups excluding carboxylic acids is 3. The van der Waals surface area contributed by atoms with E-state index in [9.17, 15) is 19.5 Å². The summed E-state index contributed by atoms with van der Waals surface area (Å²) in [5.41, 5.74) is -2.07. The van der Waals surface area contributed by atoms with Crippen LogP contribution in [-0.4, -0.2) is 53.0 Å². The molecule has 4 aliphatic rings. The van der Waals surface area contributed by atoms with Crippen LogP contribution < -0.4 is 0 Å². The molecule has 1 N–H and O–H groups in total. The molecule has 0 aromatic heterocycles. The number of fused-ring (bicyclic) bond motifs is 2. The molecule has 0 aliphatic carbocycles. The van der Waals surface area contributed by atoms with Gasteiger partial charge in [0.25, 0.3) is 0 Å². The van der Waals surface area contributed by atoms with Gasteiger partial charge in [-0.1, -0.05) is 13.8 Å². The van der Waals surface area contributed by atoms with Gasteiger partial charge in [-0.2, -0.15) is 0 Å². The standard InChI is InChI=1S/C22H28O8/c1-6-11(2)22(26)21(5)18-15(28-19(21)25)7-13(10-27-12(3)23)14-8-17(24)20(4,29-14)9-16(18)30-22/h7-8,11,15-16,18,26H,6,9-10H2,1-5H3/b13-7-/t11-,15-,16+,18+,20-,21-,22-/m1/s1. The van der Waals surface area contributed by atoms with Gasteiger partial charge in [-0.05, 0) is 26.3 Å². The van der Waals surface area contributed by atoms with E-state index in [1.165, 1.54) is 13.0 Å². The lowest BCUT2D eigenvalue weighted by Crippen LogP contribution is -2.53. The number of ketones is 1. The molecule has 0 amide bonds. The molecule has 8 nitrogen and oxygen atoms in total. The Labute approximate surface area is 175 Å². The fourth-order valence-electron chi connectivity index (χ4n) is 5.25. The highest BCUT2D eigenvalue weighted by Gasteiger charge is 2.75. The Morgan fingerprint density at radius 1 is 1.37 bits per heavy atom. The van der Waals surface area contributed by atoms with Gasteiger partial charge in [0.05, 0.1) is 6.10 Å². The van der Waals surface area contributed by atoms with Gasteiger partial charge < -0.3 is 24.1 Å². The number of ether oxygens (including phenoxy) is 4. The monoisotopic (exact) mass is 420 g/mol. The molecule has 4 rings (SSSR count). The van der Waals surface area contributed by atoms with Crippen LogP contribution in [0.15, 0.2) is 23.5 Å². The molecule has 8 heteroatoms. The van der Waals surface area contributed by atoms with Gasteiger partial charge >= 0.3 is 11.9 Å². The van der Waals surface area contributed by atoms with Crippen LogP contribution in [0.4, 0.5) is 0 Å². The highest BCUT2D eigenvalue weighted by molar-refractivity contribution is 6.00. The van der Waals surface area contributed by atoms with Crippen LogP contribution in [0.25, 0.3) is 0 Å². The van der Waals surface area contributed by atoms with E-state index in [1.807, 2.05) is 13.8 Å². The van der Waals surface area contributed by atoms with Crippen molar-refractivity contribution in [3.63, 3.8) is 0 Å². The first-order valence-corrected chi connectivity index (χ1v) is 10.4. The summed E-state index contributed by atoms with van der Waals surface area (Å²) in [6.07, 6.45) is 2.44. The van der Waals surface area contributed by atoms with Crippen molar-refractivity contribution in [2.24, 2.45) is 17.3 Å². The first kappa shape index (κ1) is 21.1. The third-order valence-corrected chi connectivity index (χ3v) is 7.27. The maximum absolute atomic E-state index is 13.1. The Morgan fingerprint density at radius 2 is 2.07 bits per heavy atom. The number of hydrogen-bond acceptors (Lipinski definition) is 8. The zero-order valence-corrected chi connectivity index (χ0v) is 17.9. The maximum Gasteiger partial charge on any atom is 0.318 e. The average molecular weight is 420 g/mol. The summed E-state index contributed by atoms with van der Waals surface area (Å²) >= 11 is 0. The summed E-state index contributed by atoms with van der Waals surface area (Å²) in [5, 5.41) is 11.6. The van der Waals surface area contributed by atoms with E-state index in [2.05, 4.69) is 0 Å². The fourth-order valence-corrected chi connectivity index (χ4v) is 5.25. The Balaban J connectivity index is 1.84. The van der Waals surface area contributed by atoms with Gasteiger partial charge in [0.2, 0.25) is 5.78 Å². The Kier molecular flexibility index (Phi) is 4.67. The SMILES string of the molecule is CC[C@@H](C)[C@@]1(O)O[C@H]2C[C@@]3(C)OC(=CC3=O)/C(COC(C)=O)=C\[C@H]3OC(=O)[C@@]1(C)[C@H]23. The molecule has 2 fully saturated rings. The highest BCUT2D eigenvalue weighted by atomic mass is 16.7. The first-order chi connectivity index (χ1) is 14.0. The maximum atomic E-state index is 13.1. The van der Waals surface area contributed by atoms with Gasteiger partial charge in [0.1, 0.15) is 23.9 Å². The third kappa shape index (κ3) is 2.69. The van der Waals surface area contributed by atoms with Crippen molar-refractivity contribution >= 4 is 17.7 Å². The molecule has 0 radical (unpaired) electrons. The van der Waals surface area contributed by atoms with Crippen LogP contribution in [-0.2, 0) is 33.3 Å². The van der Waals surface area contributed by atoms with E-state index in [0.717, 1.165) is 0 Å². The van der Waals surface area contributed by atoms with Crippen LogP contribution in [0, 0.1) is 17.3 Å². The van der Waals surface area contributed by atoms with Gasteiger partial charge in [-0.15, -0.1) is 0 Å². The normalized spacial score (nSPS) is 44.5. The first-order valence-electron chi connectivity index (χ1n) is 10.4. The van der Waals surface area contributed by atoms with E-state index in [4.69, 9.17) is 18.9 Å². The number of hydrogen-bond donors (Lipinski definition) is 1. The molecule has 0 unspecified atom stereocenters. The number of aliphatic hydroxyl groups is 1. The van der Waals surface area contributed by atoms with Gasteiger partial charge in [-0.25, -0.2) is 0 Å². The van der Waals surface area contributed by atoms with Crippen molar-refractivity contribution in [1.82, 2.24) is 0 Å². The second kappa shape index (κ2) is 6.65. The van der Waals surface area contributed by atoms with E-state index in [-0.39, 0.29) is 24.7 Å². The van der Waals surface area contributed by atoms with E-state index in [1.54, 1.807) is 19.9 Å². The van der Waals surface area contributed by atoms with Crippen LogP contribution in [0.1, 0.15) is 47.5 Å². The van der Waals surface area contributed by atoms with E-state index < -0.39 is 46.9 Å². The quantitative estimate of drug-likeness (QED) is 0.686. The zero-order chi connectivity index (χ0) is 22.1. The largest absolute Gasteiger partial charge is 0.479 e. The summed E-state index contributed by atoms with van der Waals surface area (Å²) < 4.78 is 23.1. The van der Waals surface area contributed by atoms with Gasteiger partial charge in [0.15, 0.2) is 11.4 Å². The Bertz CT molecular complexity index is 874. The molecule has 30 heavy (non-hydrogen) atoms. The topological polar surface area (TPSA) is 108 Å². The zero-order valence-electron chi connectivity index (χ0n) is 17.9. The predicted octanol–water partition coefficient (Wildman–Crippen LogP) is 1.80. The Hall–Kier alpha value is -2.19. The van der Waals surface area contributed by atoms with E-state index >= 15 is 0 Å². The molecule has 0 spiro atoms. The second-order valence-electron chi connectivity index (χ2n) is 9.14. The molecule has 2 saturated heterocycles. The summed E-state index contributed by atoms with van der Waals surface area (Å²) in [6.45, 7) is 8.25. The lowest BCUT2D eigenvalue weighted by Gasteiger charge is -2.38. The van der Waals surface area contributed by atoms with Crippen LogP contribution in [0.2, 0.25) is 0 Å². The molecule has 0 saturated carbocycles. The van der Waals surface area contributed by atoms with Crippen molar-refractivity contribution in [2.75, 3.05) is 6.61 Å². The minimum Gasteiger partial charge on any atom is -0.479 e. The molecule has 7 atom stereocenters. The van der Waals surface area contributed by atoms with Crippen molar-refractivity contribution < 1.29 is 38.4 Å². The molecular formula is C22H28O8. The third-order valence-electron chi connectivity index (χ3n) is 7.27. The summed E-state index contributed by atoms with van der Waals surface area (Å²) in [7, 11) is 0. The minimum atomic E-state index is -1.74. The number of esters is 2. The van der Waals surface area contributed by atoms with Crippen molar-refractivity contribution in [3.05, 3.63) is 23.5 Å². The molecule has 4 aliphatic heterocycles. The minimum absolute atomic E-state index is 0.122. The smallest absolute Gasteiger partial charge is 0.318 e. The van der Waals surface area contributed by atoms with E-state index in [0.29, 0.717) is 17.8 Å². The molecule has 0 aromatic rings. The number of rotatable bonds is 4. The second-order valence-corrected chi connectivity index (χ2v) is 9.14. The average Bonchev–Trinajstić information content (AvgIpc) is 3.20. The lowest BCUT2D eigenvalue weighted by molar-refractivity contribution is -0.267. The summed E-state index contributed by atoms with van der Waals surface area (Å²) in [4.78, 5) is 37.2. The summed E-state index contributed by atoms with van der Waals surface area (Å²) in [6, 6.07) is 0. The molecule has 164 valence electrons. The Morgan fingerprint density at radius 3 is 2.70 bits per heavy atom. The van der Waals surface area contributed by atoms with Crippen LogP contribution in [0.5, 0.6) is 0 Å². The predicted molar refractivity (Wildman–Crippen MR) is 103 cm³/mol. The fraction of sp³-hybridized carbons (Fsp3) is 0.682. The van der Waals surface area contributed by atoms with Crippen molar-refractivity contribution in [2.45, 2.75) is 71.1 Å². The summed E-state index contributed by atoms with van der Waals surface area (Å²) in [5.74, 6) is -3.56. The highest BCUT2D eigenvalue weighted by Crippen LogP contribution is 2.61. The molecular weight excluding hydrogens is 392 g/mol. The van der Waals surface area contributed by atoms with Crippen LogP contribution in [0.3, 0.4) is 0 Å². The van der Waals surface area contributed by atoms with Gasteiger partial charge in [0, 0.05) is 36.8 Å². The lowest BCUT2D eigenvalue weighted by atomic mass is 9.66. The van der Waals surface area contributed by atoms with Gasteiger partial charge in [-0.3, -0.25) is 14.4 Å². The molecule has 4 heterocycles.